The quantitative estimate of drug-likeness (QED) is 0.710. The topological polar surface area (TPSA) is 42.4 Å². The summed E-state index contributed by atoms with van der Waals surface area (Å²) in [6.07, 6.45) is 5.84. The van der Waals surface area contributed by atoms with Gasteiger partial charge in [0.1, 0.15) is 0 Å². The average molecular weight is 356 g/mol. The van der Waals surface area contributed by atoms with E-state index in [1.54, 1.807) is 18.0 Å². The molecule has 0 spiro atoms. The fraction of sp³-hybridized carbons (Fsp3) is 0.400. The predicted octanol–water partition coefficient (Wildman–Crippen LogP) is 3.69. The summed E-state index contributed by atoms with van der Waals surface area (Å²) >= 11 is 1.59. The van der Waals surface area contributed by atoms with Gasteiger partial charge in [0.2, 0.25) is 5.91 Å². The molecular weight excluding hydrogens is 332 g/mol. The average Bonchev–Trinajstić information content (AvgIpc) is 3.14. The SMILES string of the molecule is Cc1ccc(SCC(=O)N(Cc2cccnc2)CC2CCCO2)cc1. The largest absolute Gasteiger partial charge is 0.376 e. The summed E-state index contributed by atoms with van der Waals surface area (Å²) < 4.78 is 5.73. The van der Waals surface area contributed by atoms with E-state index in [2.05, 4.69) is 36.2 Å². The predicted molar refractivity (Wildman–Crippen MR) is 101 cm³/mol. The number of hydrogen-bond donors (Lipinski definition) is 0. The molecule has 1 atom stereocenters. The molecule has 3 rings (SSSR count). The summed E-state index contributed by atoms with van der Waals surface area (Å²) in [6.45, 7) is 4.11. The molecule has 5 heteroatoms. The number of hydrogen-bond acceptors (Lipinski definition) is 4. The number of ether oxygens (including phenoxy) is 1. The number of thioether (sulfide) groups is 1. The standard InChI is InChI=1S/C20H24N2O2S/c1-16-6-8-19(9-7-16)25-15-20(23)22(14-18-5-3-11-24-18)13-17-4-2-10-21-12-17/h2,4,6-10,12,18H,3,5,11,13-15H2,1H3. The molecule has 4 nitrogen and oxygen atoms in total. The van der Waals surface area contributed by atoms with Crippen LogP contribution in [0, 0.1) is 6.92 Å². The van der Waals surface area contributed by atoms with Gasteiger partial charge in [-0.1, -0.05) is 23.8 Å². The Morgan fingerprint density at radius 1 is 1.32 bits per heavy atom. The van der Waals surface area contributed by atoms with Gasteiger partial charge in [-0.05, 0) is 43.5 Å². The highest BCUT2D eigenvalue weighted by molar-refractivity contribution is 8.00. The number of aryl methyl sites for hydroxylation is 1. The number of carbonyl (C=O) groups is 1. The Labute approximate surface area is 153 Å². The molecule has 1 amide bonds. The van der Waals surface area contributed by atoms with Gasteiger partial charge in [-0.3, -0.25) is 9.78 Å². The Balaban J connectivity index is 1.62. The molecule has 0 bridgehead atoms. The lowest BCUT2D eigenvalue weighted by atomic mass is 10.2. The zero-order valence-corrected chi connectivity index (χ0v) is 15.4. The number of carbonyl (C=O) groups excluding carboxylic acids is 1. The lowest BCUT2D eigenvalue weighted by molar-refractivity contribution is -0.130. The second kappa shape index (κ2) is 9.02. The molecule has 1 aromatic carbocycles. The van der Waals surface area contributed by atoms with Gasteiger partial charge in [-0.15, -0.1) is 11.8 Å². The van der Waals surface area contributed by atoms with Gasteiger partial charge >= 0.3 is 0 Å². The van der Waals surface area contributed by atoms with Crippen LogP contribution in [0.15, 0.2) is 53.7 Å². The van der Waals surface area contributed by atoms with E-state index in [1.807, 2.05) is 23.2 Å². The summed E-state index contributed by atoms with van der Waals surface area (Å²) in [5, 5.41) is 0. The van der Waals surface area contributed by atoms with Crippen molar-refractivity contribution in [2.75, 3.05) is 18.9 Å². The van der Waals surface area contributed by atoms with Gasteiger partial charge in [0, 0.05) is 37.0 Å². The van der Waals surface area contributed by atoms with E-state index >= 15 is 0 Å². The summed E-state index contributed by atoms with van der Waals surface area (Å²) in [5.74, 6) is 0.584. The minimum absolute atomic E-state index is 0.143. The molecule has 1 aliphatic rings. The van der Waals surface area contributed by atoms with Crippen LogP contribution in [0.5, 0.6) is 0 Å². The van der Waals surface area contributed by atoms with Gasteiger partial charge in [-0.25, -0.2) is 0 Å². The number of pyridine rings is 1. The number of rotatable bonds is 7. The number of nitrogens with zero attached hydrogens (tertiary/aromatic N) is 2. The highest BCUT2D eigenvalue weighted by atomic mass is 32.2. The summed E-state index contributed by atoms with van der Waals surface area (Å²) in [6, 6.07) is 12.2. The first kappa shape index (κ1) is 18.0. The lowest BCUT2D eigenvalue weighted by Gasteiger charge is -2.25. The van der Waals surface area contributed by atoms with Crippen molar-refractivity contribution >= 4 is 17.7 Å². The summed E-state index contributed by atoms with van der Waals surface area (Å²) in [4.78, 5) is 20.0. The minimum atomic E-state index is 0.143. The van der Waals surface area contributed by atoms with Gasteiger partial charge in [0.15, 0.2) is 0 Å². The maximum Gasteiger partial charge on any atom is 0.233 e. The number of aromatic nitrogens is 1. The smallest absolute Gasteiger partial charge is 0.233 e. The third kappa shape index (κ3) is 5.58. The molecular formula is C20H24N2O2S. The van der Waals surface area contributed by atoms with Gasteiger partial charge in [-0.2, -0.15) is 0 Å². The molecule has 1 saturated heterocycles. The van der Waals surface area contributed by atoms with E-state index < -0.39 is 0 Å². The van der Waals surface area contributed by atoms with Crippen molar-refractivity contribution in [3.05, 3.63) is 59.9 Å². The zero-order chi connectivity index (χ0) is 17.5. The van der Waals surface area contributed by atoms with Crippen LogP contribution in [-0.2, 0) is 16.1 Å². The first-order chi connectivity index (χ1) is 12.2. The molecule has 0 saturated carbocycles. The fourth-order valence-electron chi connectivity index (χ4n) is 2.87. The van der Waals surface area contributed by atoms with Crippen molar-refractivity contribution in [3.8, 4) is 0 Å². The van der Waals surface area contributed by atoms with Crippen molar-refractivity contribution in [1.82, 2.24) is 9.88 Å². The third-order valence-corrected chi connectivity index (χ3v) is 5.28. The molecule has 132 valence electrons. The Bertz CT molecular complexity index is 670. The molecule has 2 aromatic rings. The Morgan fingerprint density at radius 3 is 2.84 bits per heavy atom. The van der Waals surface area contributed by atoms with Crippen LogP contribution in [-0.4, -0.2) is 40.8 Å². The first-order valence-corrected chi connectivity index (χ1v) is 9.67. The molecule has 1 aromatic heterocycles. The van der Waals surface area contributed by atoms with Gasteiger partial charge < -0.3 is 9.64 Å². The van der Waals surface area contributed by atoms with Crippen LogP contribution < -0.4 is 0 Å². The van der Waals surface area contributed by atoms with Crippen LogP contribution in [0.4, 0.5) is 0 Å². The number of benzene rings is 1. The lowest BCUT2D eigenvalue weighted by Crippen LogP contribution is -2.38. The maximum atomic E-state index is 12.8. The highest BCUT2D eigenvalue weighted by Gasteiger charge is 2.22. The van der Waals surface area contributed by atoms with Gasteiger partial charge in [0.05, 0.1) is 11.9 Å². The van der Waals surface area contributed by atoms with Crippen LogP contribution >= 0.6 is 11.8 Å². The maximum absolute atomic E-state index is 12.8. The van der Waals surface area contributed by atoms with E-state index in [9.17, 15) is 4.79 Å². The van der Waals surface area contributed by atoms with Crippen LogP contribution in [0.25, 0.3) is 0 Å². The van der Waals surface area contributed by atoms with Crippen molar-refractivity contribution in [2.45, 2.75) is 37.3 Å². The molecule has 25 heavy (non-hydrogen) atoms. The molecule has 1 aliphatic heterocycles. The monoisotopic (exact) mass is 356 g/mol. The Morgan fingerprint density at radius 2 is 2.16 bits per heavy atom. The van der Waals surface area contributed by atoms with E-state index in [0.29, 0.717) is 18.8 Å². The van der Waals surface area contributed by atoms with Gasteiger partial charge in [0.25, 0.3) is 0 Å². The van der Waals surface area contributed by atoms with Crippen molar-refractivity contribution in [1.29, 1.82) is 0 Å². The minimum Gasteiger partial charge on any atom is -0.376 e. The van der Waals surface area contributed by atoms with Crippen LogP contribution in [0.3, 0.4) is 0 Å². The molecule has 2 heterocycles. The highest BCUT2D eigenvalue weighted by Crippen LogP contribution is 2.20. The molecule has 1 fully saturated rings. The second-order valence-corrected chi connectivity index (χ2v) is 7.42. The fourth-order valence-corrected chi connectivity index (χ4v) is 3.67. The van der Waals surface area contributed by atoms with E-state index in [4.69, 9.17) is 4.74 Å². The molecule has 0 N–H and O–H groups in total. The molecule has 0 aliphatic carbocycles. The van der Waals surface area contributed by atoms with E-state index in [-0.39, 0.29) is 12.0 Å². The first-order valence-electron chi connectivity index (χ1n) is 8.68. The number of amides is 1. The van der Waals surface area contributed by atoms with Crippen molar-refractivity contribution < 1.29 is 9.53 Å². The molecule has 1 unspecified atom stereocenters. The zero-order valence-electron chi connectivity index (χ0n) is 14.6. The van der Waals surface area contributed by atoms with Crippen molar-refractivity contribution in [3.63, 3.8) is 0 Å². The van der Waals surface area contributed by atoms with Crippen LogP contribution in [0.2, 0.25) is 0 Å². The summed E-state index contributed by atoms with van der Waals surface area (Å²) in [7, 11) is 0. The second-order valence-electron chi connectivity index (χ2n) is 6.37. The third-order valence-electron chi connectivity index (χ3n) is 4.28. The normalized spacial score (nSPS) is 16.8. The molecule has 0 radical (unpaired) electrons. The Hall–Kier alpha value is -1.85. The van der Waals surface area contributed by atoms with E-state index in [1.165, 1.54) is 5.56 Å². The summed E-state index contributed by atoms with van der Waals surface area (Å²) in [5.41, 5.74) is 2.28. The van der Waals surface area contributed by atoms with Crippen molar-refractivity contribution in [2.24, 2.45) is 0 Å². The Kier molecular flexibility index (Phi) is 6.48. The van der Waals surface area contributed by atoms with Crippen LogP contribution in [0.1, 0.15) is 24.0 Å². The van der Waals surface area contributed by atoms with E-state index in [0.717, 1.165) is 29.9 Å².